The molecule has 1 heterocycles. The summed E-state index contributed by atoms with van der Waals surface area (Å²) in [7, 11) is 5.38. The van der Waals surface area contributed by atoms with Crippen LogP contribution in [0, 0.1) is 10.1 Å². The average molecular weight is 303 g/mol. The van der Waals surface area contributed by atoms with Crippen molar-refractivity contribution in [1.82, 2.24) is 14.5 Å². The van der Waals surface area contributed by atoms with E-state index in [1.807, 2.05) is 31.1 Å². The zero-order valence-electron chi connectivity index (χ0n) is 12.6. The summed E-state index contributed by atoms with van der Waals surface area (Å²) in [4.78, 5) is 20.4. The van der Waals surface area contributed by atoms with Crippen molar-refractivity contribution in [3.8, 4) is 5.75 Å². The second kappa shape index (κ2) is 6.70. The number of ether oxygens (including phenoxy) is 1. The topological polar surface area (TPSA) is 85.8 Å². The van der Waals surface area contributed by atoms with Gasteiger partial charge < -0.3 is 19.8 Å². The van der Waals surface area contributed by atoms with Gasteiger partial charge in [-0.2, -0.15) is 0 Å². The Morgan fingerprint density at radius 2 is 2.09 bits per heavy atom. The minimum atomic E-state index is -0.478. The molecule has 0 fully saturated rings. The second-order valence-electron chi connectivity index (χ2n) is 4.84. The molecule has 1 aromatic carbocycles. The first kappa shape index (κ1) is 15.5. The van der Waals surface area contributed by atoms with Crippen molar-refractivity contribution in [3.63, 3.8) is 0 Å². The molecule has 0 unspecified atom stereocenters. The Bertz CT molecular complexity index is 676. The number of rotatable bonds is 6. The van der Waals surface area contributed by atoms with E-state index in [9.17, 15) is 10.1 Å². The first-order chi connectivity index (χ1) is 10.5. The van der Waals surface area contributed by atoms with Gasteiger partial charge in [-0.25, -0.2) is 14.5 Å². The van der Waals surface area contributed by atoms with E-state index < -0.39 is 4.92 Å². The standard InChI is InChI=1S/C14H17N5O3/c1-17(2)10-16-11-4-6-12(7-5-11)22-9-13-15-8-14(18(13)3)19(20)21/h4-8,10H,9H2,1-3H3/b16-10+. The van der Waals surface area contributed by atoms with E-state index in [0.717, 1.165) is 5.69 Å². The van der Waals surface area contributed by atoms with Crippen LogP contribution in [0.15, 0.2) is 35.5 Å². The molecule has 0 aliphatic heterocycles. The number of aliphatic imine (C=N–C) groups is 1. The SMILES string of the molecule is CN(C)/C=N/c1ccc(OCc2ncc([N+](=O)[O-])n2C)cc1. The number of imidazole rings is 1. The smallest absolute Gasteiger partial charge is 0.342 e. The van der Waals surface area contributed by atoms with E-state index in [1.165, 1.54) is 10.8 Å². The lowest BCUT2D eigenvalue weighted by Crippen LogP contribution is -2.07. The van der Waals surface area contributed by atoms with Gasteiger partial charge in [0.25, 0.3) is 0 Å². The molecule has 0 amide bonds. The van der Waals surface area contributed by atoms with E-state index in [-0.39, 0.29) is 12.4 Å². The van der Waals surface area contributed by atoms with Crippen molar-refractivity contribution in [1.29, 1.82) is 0 Å². The monoisotopic (exact) mass is 303 g/mol. The van der Waals surface area contributed by atoms with Gasteiger partial charge in [-0.3, -0.25) is 0 Å². The van der Waals surface area contributed by atoms with Crippen LogP contribution in [-0.2, 0) is 13.7 Å². The number of benzene rings is 1. The number of nitrogens with zero attached hydrogens (tertiary/aromatic N) is 5. The minimum absolute atomic E-state index is 0.0630. The molecule has 22 heavy (non-hydrogen) atoms. The zero-order valence-corrected chi connectivity index (χ0v) is 12.6. The fourth-order valence-corrected chi connectivity index (χ4v) is 1.70. The molecular formula is C14H17N5O3. The van der Waals surface area contributed by atoms with Crippen LogP contribution in [0.5, 0.6) is 5.75 Å². The van der Waals surface area contributed by atoms with E-state index in [0.29, 0.717) is 11.6 Å². The largest absolute Gasteiger partial charge is 0.483 e. The normalized spacial score (nSPS) is 10.9. The van der Waals surface area contributed by atoms with Gasteiger partial charge in [0.05, 0.1) is 19.1 Å². The molecule has 0 aliphatic rings. The van der Waals surface area contributed by atoms with Gasteiger partial charge >= 0.3 is 5.82 Å². The molecule has 0 saturated heterocycles. The van der Waals surface area contributed by atoms with Crippen molar-refractivity contribution in [2.45, 2.75) is 6.61 Å². The predicted octanol–water partition coefficient (Wildman–Crippen LogP) is 2.13. The van der Waals surface area contributed by atoms with Crippen LogP contribution in [-0.4, -0.2) is 39.8 Å². The van der Waals surface area contributed by atoms with Crippen molar-refractivity contribution >= 4 is 17.8 Å². The number of hydrogen-bond donors (Lipinski definition) is 0. The van der Waals surface area contributed by atoms with Crippen molar-refractivity contribution < 1.29 is 9.66 Å². The molecule has 0 aliphatic carbocycles. The van der Waals surface area contributed by atoms with E-state index >= 15 is 0 Å². The average Bonchev–Trinajstić information content (AvgIpc) is 2.85. The molecule has 0 radical (unpaired) electrons. The summed E-state index contributed by atoms with van der Waals surface area (Å²) >= 11 is 0. The van der Waals surface area contributed by atoms with Crippen molar-refractivity contribution in [3.05, 3.63) is 46.4 Å². The molecule has 0 bridgehead atoms. The van der Waals surface area contributed by atoms with Gasteiger partial charge in [0.15, 0.2) is 6.61 Å². The van der Waals surface area contributed by atoms with Gasteiger partial charge in [0, 0.05) is 14.1 Å². The highest BCUT2D eigenvalue weighted by atomic mass is 16.6. The highest BCUT2D eigenvalue weighted by Gasteiger charge is 2.16. The third-order valence-electron chi connectivity index (χ3n) is 2.89. The third kappa shape index (κ3) is 3.81. The molecule has 0 atom stereocenters. The molecule has 0 spiro atoms. The van der Waals surface area contributed by atoms with E-state index in [1.54, 1.807) is 25.5 Å². The highest BCUT2D eigenvalue weighted by Crippen LogP contribution is 2.19. The van der Waals surface area contributed by atoms with E-state index in [2.05, 4.69) is 9.98 Å². The van der Waals surface area contributed by atoms with Crippen LogP contribution >= 0.6 is 0 Å². The molecule has 8 heteroatoms. The third-order valence-corrected chi connectivity index (χ3v) is 2.89. The molecular weight excluding hydrogens is 286 g/mol. The molecule has 0 saturated carbocycles. The fourth-order valence-electron chi connectivity index (χ4n) is 1.70. The van der Waals surface area contributed by atoms with Crippen molar-refractivity contribution in [2.24, 2.45) is 12.0 Å². The first-order valence-corrected chi connectivity index (χ1v) is 6.56. The Kier molecular flexibility index (Phi) is 4.72. The Morgan fingerprint density at radius 1 is 1.41 bits per heavy atom. The van der Waals surface area contributed by atoms with Crippen LogP contribution in [0.1, 0.15) is 5.82 Å². The summed E-state index contributed by atoms with van der Waals surface area (Å²) in [6.07, 6.45) is 2.93. The zero-order chi connectivity index (χ0) is 16.1. The number of aromatic nitrogens is 2. The summed E-state index contributed by atoms with van der Waals surface area (Å²) in [6, 6.07) is 7.24. The first-order valence-electron chi connectivity index (χ1n) is 6.56. The lowest BCUT2D eigenvalue weighted by atomic mass is 10.3. The van der Waals surface area contributed by atoms with E-state index in [4.69, 9.17) is 4.74 Å². The maximum atomic E-state index is 10.7. The van der Waals surface area contributed by atoms with Gasteiger partial charge in [0.1, 0.15) is 11.9 Å². The quantitative estimate of drug-likeness (QED) is 0.353. The Morgan fingerprint density at radius 3 is 2.64 bits per heavy atom. The van der Waals surface area contributed by atoms with Crippen LogP contribution in [0.3, 0.4) is 0 Å². The maximum Gasteiger partial charge on any atom is 0.342 e. The van der Waals surface area contributed by atoms with Gasteiger partial charge in [-0.1, -0.05) is 0 Å². The molecule has 2 rings (SSSR count). The summed E-state index contributed by atoms with van der Waals surface area (Å²) < 4.78 is 6.98. The number of hydrogen-bond acceptors (Lipinski definition) is 5. The van der Waals surface area contributed by atoms with Crippen LogP contribution in [0.4, 0.5) is 11.5 Å². The molecule has 8 nitrogen and oxygen atoms in total. The van der Waals surface area contributed by atoms with Crippen LogP contribution in [0.25, 0.3) is 0 Å². The lowest BCUT2D eigenvalue weighted by molar-refractivity contribution is -0.391. The fraction of sp³-hybridized carbons (Fsp3) is 0.286. The Labute approximate surface area is 127 Å². The Balaban J connectivity index is 1.99. The predicted molar refractivity (Wildman–Crippen MR) is 82.5 cm³/mol. The number of nitro groups is 1. The van der Waals surface area contributed by atoms with Crippen LogP contribution in [0.2, 0.25) is 0 Å². The molecule has 116 valence electrons. The lowest BCUT2D eigenvalue weighted by Gasteiger charge is -2.05. The molecule has 0 N–H and O–H groups in total. The summed E-state index contributed by atoms with van der Waals surface area (Å²) in [5.41, 5.74) is 0.814. The minimum Gasteiger partial charge on any atom is -0.483 e. The maximum absolute atomic E-state index is 10.7. The van der Waals surface area contributed by atoms with Gasteiger partial charge in [-0.05, 0) is 29.2 Å². The Hall–Kier alpha value is -2.90. The highest BCUT2D eigenvalue weighted by molar-refractivity contribution is 5.60. The summed E-state index contributed by atoms with van der Waals surface area (Å²) in [6.45, 7) is 0.157. The second-order valence-corrected chi connectivity index (χ2v) is 4.84. The molecule has 1 aromatic heterocycles. The summed E-state index contributed by atoms with van der Waals surface area (Å²) in [5, 5.41) is 10.7. The van der Waals surface area contributed by atoms with Gasteiger partial charge in [-0.15, -0.1) is 0 Å². The van der Waals surface area contributed by atoms with Gasteiger partial charge in [0.2, 0.25) is 5.82 Å². The van der Waals surface area contributed by atoms with Crippen molar-refractivity contribution in [2.75, 3.05) is 14.1 Å². The molecule has 2 aromatic rings. The van der Waals surface area contributed by atoms with Crippen LogP contribution < -0.4 is 4.74 Å². The summed E-state index contributed by atoms with van der Waals surface area (Å²) in [5.74, 6) is 1.07.